The summed E-state index contributed by atoms with van der Waals surface area (Å²) >= 11 is 0. The van der Waals surface area contributed by atoms with Crippen LogP contribution in [0.5, 0.6) is 0 Å². The van der Waals surface area contributed by atoms with E-state index < -0.39 is 0 Å². The number of rotatable bonds is 7. The van der Waals surface area contributed by atoms with Gasteiger partial charge in [0.2, 0.25) is 0 Å². The van der Waals surface area contributed by atoms with E-state index in [-0.39, 0.29) is 0 Å². The highest BCUT2D eigenvalue weighted by Gasteiger charge is 2.12. The van der Waals surface area contributed by atoms with Gasteiger partial charge in [-0.05, 0) is 62.1 Å². The molecule has 1 aromatic heterocycles. The topological polar surface area (TPSA) is 25.2 Å². The molecule has 0 aliphatic rings. The molecule has 1 N–H and O–H groups in total. The molecule has 0 amide bonds. The summed E-state index contributed by atoms with van der Waals surface area (Å²) in [5.74, 6) is 1.06. The molecule has 1 atom stereocenters. The smallest absolute Gasteiger partial charge is 0.105 e. The van der Waals surface area contributed by atoms with E-state index in [0.29, 0.717) is 6.04 Å². The van der Waals surface area contributed by atoms with Gasteiger partial charge in [-0.1, -0.05) is 25.1 Å². The monoisotopic (exact) mass is 271 g/mol. The second kappa shape index (κ2) is 7.30. The van der Waals surface area contributed by atoms with Crippen molar-refractivity contribution in [2.75, 3.05) is 6.54 Å². The summed E-state index contributed by atoms with van der Waals surface area (Å²) in [6.45, 7) is 7.60. The van der Waals surface area contributed by atoms with Crippen LogP contribution in [-0.4, -0.2) is 12.6 Å². The van der Waals surface area contributed by atoms with Gasteiger partial charge in [0.25, 0.3) is 0 Å². The van der Waals surface area contributed by atoms with Crippen molar-refractivity contribution in [1.82, 2.24) is 5.32 Å². The first-order valence-electron chi connectivity index (χ1n) is 7.51. The fourth-order valence-electron chi connectivity index (χ4n) is 2.45. The molecule has 20 heavy (non-hydrogen) atoms. The summed E-state index contributed by atoms with van der Waals surface area (Å²) in [5.41, 5.74) is 4.13. The molecule has 1 aromatic carbocycles. The first kappa shape index (κ1) is 14.9. The molecular weight excluding hydrogens is 246 g/mol. The summed E-state index contributed by atoms with van der Waals surface area (Å²) < 4.78 is 5.48. The lowest BCUT2D eigenvalue weighted by Crippen LogP contribution is -2.33. The Labute approximate surface area is 122 Å². The molecule has 0 aliphatic heterocycles. The van der Waals surface area contributed by atoms with E-state index >= 15 is 0 Å². The molecule has 1 heterocycles. The first-order valence-corrected chi connectivity index (χ1v) is 7.51. The van der Waals surface area contributed by atoms with Crippen molar-refractivity contribution in [2.24, 2.45) is 0 Å². The van der Waals surface area contributed by atoms with E-state index in [2.05, 4.69) is 50.4 Å². The van der Waals surface area contributed by atoms with Crippen LogP contribution in [0.3, 0.4) is 0 Å². The molecule has 0 bridgehead atoms. The molecule has 2 heteroatoms. The molecular formula is C18H25NO. The first-order chi connectivity index (χ1) is 9.69. The molecule has 108 valence electrons. The molecule has 0 spiro atoms. The number of aryl methyl sites for hydroxylation is 2. The van der Waals surface area contributed by atoms with Gasteiger partial charge in [0.05, 0.1) is 6.26 Å². The van der Waals surface area contributed by atoms with E-state index in [0.717, 1.165) is 31.6 Å². The summed E-state index contributed by atoms with van der Waals surface area (Å²) in [7, 11) is 0. The van der Waals surface area contributed by atoms with Gasteiger partial charge in [-0.15, -0.1) is 0 Å². The number of hydrogen-bond donors (Lipinski definition) is 1. The minimum atomic E-state index is 0.434. The van der Waals surface area contributed by atoms with E-state index in [9.17, 15) is 0 Å². The van der Waals surface area contributed by atoms with Gasteiger partial charge >= 0.3 is 0 Å². The zero-order valence-corrected chi connectivity index (χ0v) is 12.8. The maximum absolute atomic E-state index is 5.48. The Morgan fingerprint density at radius 1 is 1.10 bits per heavy atom. The maximum atomic E-state index is 5.48. The Hall–Kier alpha value is -1.54. The van der Waals surface area contributed by atoms with Crippen LogP contribution in [0.1, 0.15) is 35.8 Å². The Kier molecular flexibility index (Phi) is 5.42. The highest BCUT2D eigenvalue weighted by atomic mass is 16.3. The highest BCUT2D eigenvalue weighted by molar-refractivity contribution is 5.30. The molecule has 0 radical (unpaired) electrons. The Bertz CT molecular complexity index is 516. The summed E-state index contributed by atoms with van der Waals surface area (Å²) in [6, 6.07) is 11.2. The quantitative estimate of drug-likeness (QED) is 0.822. The molecule has 0 saturated carbocycles. The van der Waals surface area contributed by atoms with Crippen molar-refractivity contribution in [3.8, 4) is 0 Å². The number of benzene rings is 1. The molecule has 1 unspecified atom stereocenters. The SMILES string of the molecule is CCCNC(Cc1ccc(C)c(C)c1)Cc1ccco1. The third kappa shape index (κ3) is 4.24. The second-order valence-electron chi connectivity index (χ2n) is 5.56. The number of nitrogens with one attached hydrogen (secondary N) is 1. The van der Waals surface area contributed by atoms with Crippen LogP contribution in [0, 0.1) is 13.8 Å². The largest absolute Gasteiger partial charge is 0.469 e. The Morgan fingerprint density at radius 3 is 2.60 bits per heavy atom. The highest BCUT2D eigenvalue weighted by Crippen LogP contribution is 2.14. The van der Waals surface area contributed by atoms with Crippen molar-refractivity contribution >= 4 is 0 Å². The van der Waals surface area contributed by atoms with Gasteiger partial charge in [-0.3, -0.25) is 0 Å². The van der Waals surface area contributed by atoms with Crippen LogP contribution in [0.4, 0.5) is 0 Å². The minimum Gasteiger partial charge on any atom is -0.469 e. The van der Waals surface area contributed by atoms with Crippen LogP contribution >= 0.6 is 0 Å². The van der Waals surface area contributed by atoms with Gasteiger partial charge in [0.15, 0.2) is 0 Å². The van der Waals surface area contributed by atoms with Crippen molar-refractivity contribution in [1.29, 1.82) is 0 Å². The van der Waals surface area contributed by atoms with Crippen molar-refractivity contribution < 1.29 is 4.42 Å². The van der Waals surface area contributed by atoms with Gasteiger partial charge in [-0.2, -0.15) is 0 Å². The number of hydrogen-bond acceptors (Lipinski definition) is 2. The van der Waals surface area contributed by atoms with E-state index in [1.54, 1.807) is 6.26 Å². The summed E-state index contributed by atoms with van der Waals surface area (Å²) in [6.07, 6.45) is 4.89. The zero-order valence-electron chi connectivity index (χ0n) is 12.8. The predicted octanol–water partition coefficient (Wildman–Crippen LogP) is 4.05. The van der Waals surface area contributed by atoms with Crippen LogP contribution in [0.2, 0.25) is 0 Å². The zero-order chi connectivity index (χ0) is 14.4. The third-order valence-corrected chi connectivity index (χ3v) is 3.76. The van der Waals surface area contributed by atoms with Crippen LogP contribution in [0.15, 0.2) is 41.0 Å². The average molecular weight is 271 g/mol. The van der Waals surface area contributed by atoms with Crippen molar-refractivity contribution in [3.05, 3.63) is 59.0 Å². The normalized spacial score (nSPS) is 12.6. The van der Waals surface area contributed by atoms with Crippen molar-refractivity contribution in [2.45, 2.75) is 46.1 Å². The van der Waals surface area contributed by atoms with Crippen LogP contribution in [0.25, 0.3) is 0 Å². The lowest BCUT2D eigenvalue weighted by molar-refractivity contribution is 0.438. The van der Waals surface area contributed by atoms with Gasteiger partial charge < -0.3 is 9.73 Å². The fraction of sp³-hybridized carbons (Fsp3) is 0.444. The molecule has 2 aromatic rings. The second-order valence-corrected chi connectivity index (χ2v) is 5.56. The van der Waals surface area contributed by atoms with E-state index in [4.69, 9.17) is 4.42 Å². The van der Waals surface area contributed by atoms with E-state index in [1.165, 1.54) is 16.7 Å². The van der Waals surface area contributed by atoms with Crippen LogP contribution < -0.4 is 5.32 Å². The van der Waals surface area contributed by atoms with Gasteiger partial charge in [-0.25, -0.2) is 0 Å². The maximum Gasteiger partial charge on any atom is 0.105 e. The molecule has 0 aliphatic carbocycles. The molecule has 0 saturated heterocycles. The Morgan fingerprint density at radius 2 is 1.95 bits per heavy atom. The predicted molar refractivity (Wildman–Crippen MR) is 84.1 cm³/mol. The van der Waals surface area contributed by atoms with E-state index in [1.807, 2.05) is 6.07 Å². The standard InChI is InChI=1S/C18H25NO/c1-4-9-19-17(13-18-6-5-10-20-18)12-16-8-7-14(2)15(3)11-16/h5-8,10-11,17,19H,4,9,12-13H2,1-3H3. The van der Waals surface area contributed by atoms with Crippen LogP contribution in [-0.2, 0) is 12.8 Å². The molecule has 2 rings (SSSR count). The van der Waals surface area contributed by atoms with Gasteiger partial charge in [0, 0.05) is 12.5 Å². The Balaban J connectivity index is 2.04. The lowest BCUT2D eigenvalue weighted by Gasteiger charge is -2.18. The summed E-state index contributed by atoms with van der Waals surface area (Å²) in [5, 5.41) is 3.63. The summed E-state index contributed by atoms with van der Waals surface area (Å²) in [4.78, 5) is 0. The fourth-order valence-corrected chi connectivity index (χ4v) is 2.45. The van der Waals surface area contributed by atoms with Crippen molar-refractivity contribution in [3.63, 3.8) is 0 Å². The average Bonchev–Trinajstić information content (AvgIpc) is 2.93. The number of furan rings is 1. The third-order valence-electron chi connectivity index (χ3n) is 3.76. The minimum absolute atomic E-state index is 0.434. The van der Waals surface area contributed by atoms with Gasteiger partial charge in [0.1, 0.15) is 5.76 Å². The molecule has 2 nitrogen and oxygen atoms in total. The lowest BCUT2D eigenvalue weighted by atomic mass is 9.98. The molecule has 0 fully saturated rings.